The van der Waals surface area contributed by atoms with E-state index in [1.165, 1.54) is 10.5 Å². The van der Waals surface area contributed by atoms with Crippen molar-refractivity contribution in [3.63, 3.8) is 0 Å². The highest BCUT2D eigenvalue weighted by atomic mass is 35.5. The summed E-state index contributed by atoms with van der Waals surface area (Å²) in [6.07, 6.45) is 3.16. The number of thioether (sulfide) groups is 1. The molecule has 31 heavy (non-hydrogen) atoms. The number of rotatable bonds is 6. The minimum atomic E-state index is -0.196. The van der Waals surface area contributed by atoms with Gasteiger partial charge in [0.2, 0.25) is 0 Å². The largest absolute Gasteiger partial charge is 0.356 e. The first kappa shape index (κ1) is 20.6. The van der Waals surface area contributed by atoms with Crippen LogP contribution in [0.25, 0.3) is 22.0 Å². The van der Waals surface area contributed by atoms with E-state index in [1.54, 1.807) is 6.07 Å². The number of aromatic amines is 1. The normalized spacial score (nSPS) is 15.9. The Balaban J connectivity index is 1.33. The second kappa shape index (κ2) is 9.07. The minimum absolute atomic E-state index is 0.196. The van der Waals surface area contributed by atoms with Gasteiger partial charge in [-0.25, -0.2) is 4.39 Å². The van der Waals surface area contributed by atoms with E-state index in [1.807, 2.05) is 42.1 Å². The first-order valence-corrected chi connectivity index (χ1v) is 12.0. The van der Waals surface area contributed by atoms with Crippen LogP contribution in [0.1, 0.15) is 24.1 Å². The van der Waals surface area contributed by atoms with E-state index in [2.05, 4.69) is 40.6 Å². The summed E-state index contributed by atoms with van der Waals surface area (Å²) in [5.74, 6) is 0.912. The van der Waals surface area contributed by atoms with Crippen molar-refractivity contribution in [2.75, 3.05) is 5.75 Å². The molecule has 0 bridgehead atoms. The first-order chi connectivity index (χ1) is 15.2. The molecule has 2 nitrogen and oxygen atoms in total. The molecule has 1 aliphatic rings. The Kier molecular flexibility index (Phi) is 6.04. The lowest BCUT2D eigenvalue weighted by Crippen LogP contribution is -2.35. The van der Waals surface area contributed by atoms with Gasteiger partial charge in [0.1, 0.15) is 5.82 Å². The van der Waals surface area contributed by atoms with Crippen LogP contribution in [0.3, 0.4) is 0 Å². The Hall–Kier alpha value is -2.27. The molecule has 4 aromatic rings. The SMILES string of the molecule is Fc1ccc(-c2ccc(Cl)cc2)c2c3c([nH]c12)CC(CCCSc1ccccc1)NC3. The lowest BCUT2D eigenvalue weighted by Gasteiger charge is -2.24. The molecule has 1 aromatic heterocycles. The summed E-state index contributed by atoms with van der Waals surface area (Å²) < 4.78 is 14.7. The second-order valence-corrected chi connectivity index (χ2v) is 9.62. The molecular formula is C26H24ClFN2S. The van der Waals surface area contributed by atoms with Crippen LogP contribution in [0.2, 0.25) is 5.02 Å². The van der Waals surface area contributed by atoms with Crippen LogP contribution in [0.5, 0.6) is 0 Å². The zero-order valence-electron chi connectivity index (χ0n) is 17.1. The van der Waals surface area contributed by atoms with Gasteiger partial charge < -0.3 is 10.3 Å². The molecule has 2 heterocycles. The summed E-state index contributed by atoms with van der Waals surface area (Å²) in [6, 6.07) is 22.1. The van der Waals surface area contributed by atoms with Crippen LogP contribution in [-0.2, 0) is 13.0 Å². The van der Waals surface area contributed by atoms with E-state index in [-0.39, 0.29) is 5.82 Å². The van der Waals surface area contributed by atoms with Gasteiger partial charge in [-0.1, -0.05) is 48.0 Å². The maximum Gasteiger partial charge on any atom is 0.147 e. The van der Waals surface area contributed by atoms with Gasteiger partial charge in [0, 0.05) is 40.0 Å². The Morgan fingerprint density at radius 1 is 1.00 bits per heavy atom. The van der Waals surface area contributed by atoms with Crippen LogP contribution in [0.4, 0.5) is 4.39 Å². The van der Waals surface area contributed by atoms with Crippen molar-refractivity contribution in [3.05, 3.63) is 88.8 Å². The molecular weight excluding hydrogens is 427 g/mol. The molecule has 0 saturated carbocycles. The van der Waals surface area contributed by atoms with Gasteiger partial charge >= 0.3 is 0 Å². The molecule has 0 radical (unpaired) electrons. The van der Waals surface area contributed by atoms with E-state index >= 15 is 0 Å². The Labute approximate surface area is 191 Å². The van der Waals surface area contributed by atoms with E-state index in [9.17, 15) is 4.39 Å². The maximum atomic E-state index is 14.7. The van der Waals surface area contributed by atoms with Crippen LogP contribution in [0, 0.1) is 5.82 Å². The predicted octanol–water partition coefficient (Wildman–Crippen LogP) is 7.21. The van der Waals surface area contributed by atoms with Crippen LogP contribution < -0.4 is 5.32 Å². The highest BCUT2D eigenvalue weighted by Gasteiger charge is 2.24. The molecule has 3 aromatic carbocycles. The van der Waals surface area contributed by atoms with E-state index in [4.69, 9.17) is 11.6 Å². The fourth-order valence-corrected chi connectivity index (χ4v) is 5.46. The third-order valence-corrected chi connectivity index (χ3v) is 7.33. The van der Waals surface area contributed by atoms with Gasteiger partial charge in [0.05, 0.1) is 5.52 Å². The summed E-state index contributed by atoms with van der Waals surface area (Å²) in [5.41, 5.74) is 5.06. The number of benzene rings is 3. The molecule has 1 aliphatic heterocycles. The minimum Gasteiger partial charge on any atom is -0.356 e. The van der Waals surface area contributed by atoms with E-state index in [0.29, 0.717) is 16.6 Å². The van der Waals surface area contributed by atoms with Crippen LogP contribution >= 0.6 is 23.4 Å². The summed E-state index contributed by atoms with van der Waals surface area (Å²) in [4.78, 5) is 4.73. The van der Waals surface area contributed by atoms with E-state index in [0.717, 1.165) is 53.8 Å². The number of hydrogen-bond donors (Lipinski definition) is 2. The van der Waals surface area contributed by atoms with Gasteiger partial charge in [-0.15, -0.1) is 11.8 Å². The summed E-state index contributed by atoms with van der Waals surface area (Å²) >= 11 is 7.97. The number of halogens is 2. The highest BCUT2D eigenvalue weighted by molar-refractivity contribution is 7.99. The van der Waals surface area contributed by atoms with Crippen LogP contribution in [0.15, 0.2) is 71.6 Å². The number of fused-ring (bicyclic) bond motifs is 3. The van der Waals surface area contributed by atoms with Crippen molar-refractivity contribution in [1.82, 2.24) is 10.3 Å². The summed E-state index contributed by atoms with van der Waals surface area (Å²) in [7, 11) is 0. The zero-order chi connectivity index (χ0) is 21.2. The fourth-order valence-electron chi connectivity index (χ4n) is 4.44. The topological polar surface area (TPSA) is 27.8 Å². The fraction of sp³-hybridized carbons (Fsp3) is 0.231. The Morgan fingerprint density at radius 3 is 2.61 bits per heavy atom. The number of aromatic nitrogens is 1. The quantitative estimate of drug-likeness (QED) is 0.240. The van der Waals surface area contributed by atoms with Crippen molar-refractivity contribution >= 4 is 34.3 Å². The molecule has 1 unspecified atom stereocenters. The van der Waals surface area contributed by atoms with Crippen molar-refractivity contribution in [2.45, 2.75) is 36.7 Å². The average Bonchev–Trinajstić information content (AvgIpc) is 3.18. The molecule has 0 aliphatic carbocycles. The molecule has 0 amide bonds. The molecule has 2 N–H and O–H groups in total. The lowest BCUT2D eigenvalue weighted by molar-refractivity contribution is 0.447. The summed E-state index contributed by atoms with van der Waals surface area (Å²) in [5, 5.41) is 5.38. The molecule has 0 fully saturated rings. The molecule has 5 rings (SSSR count). The van der Waals surface area contributed by atoms with E-state index < -0.39 is 0 Å². The predicted molar refractivity (Wildman–Crippen MR) is 129 cm³/mol. The second-order valence-electron chi connectivity index (χ2n) is 8.02. The third kappa shape index (κ3) is 4.38. The number of H-pyrrole nitrogens is 1. The van der Waals surface area contributed by atoms with Crippen LogP contribution in [-0.4, -0.2) is 16.8 Å². The van der Waals surface area contributed by atoms with Gasteiger partial charge in [-0.3, -0.25) is 0 Å². The Bertz CT molecular complexity index is 1190. The molecule has 0 spiro atoms. The van der Waals surface area contributed by atoms with Crippen molar-refractivity contribution in [3.8, 4) is 11.1 Å². The summed E-state index contributed by atoms with van der Waals surface area (Å²) in [6.45, 7) is 0.760. The molecule has 5 heteroatoms. The smallest absolute Gasteiger partial charge is 0.147 e. The molecule has 1 atom stereocenters. The van der Waals surface area contributed by atoms with Gasteiger partial charge in [0.25, 0.3) is 0 Å². The molecule has 0 saturated heterocycles. The van der Waals surface area contributed by atoms with Crippen molar-refractivity contribution < 1.29 is 4.39 Å². The van der Waals surface area contributed by atoms with Crippen molar-refractivity contribution in [1.29, 1.82) is 0 Å². The van der Waals surface area contributed by atoms with Gasteiger partial charge in [0.15, 0.2) is 0 Å². The molecule has 158 valence electrons. The average molecular weight is 451 g/mol. The maximum absolute atomic E-state index is 14.7. The van der Waals surface area contributed by atoms with Gasteiger partial charge in [-0.05, 0) is 65.6 Å². The standard InChI is InChI=1S/C26H24ClFN2S/c27-18-10-8-17(9-11-18)21-12-13-23(28)26-25(21)22-16-29-19(15-24(22)30-26)5-4-14-31-20-6-2-1-3-7-20/h1-3,6-13,19,29-30H,4-5,14-16H2. The monoisotopic (exact) mass is 450 g/mol. The number of hydrogen-bond acceptors (Lipinski definition) is 2. The first-order valence-electron chi connectivity index (χ1n) is 10.7. The third-order valence-electron chi connectivity index (χ3n) is 5.98. The van der Waals surface area contributed by atoms with Crippen molar-refractivity contribution in [2.24, 2.45) is 0 Å². The Morgan fingerprint density at radius 2 is 1.81 bits per heavy atom. The van der Waals surface area contributed by atoms with Gasteiger partial charge in [-0.2, -0.15) is 0 Å². The highest BCUT2D eigenvalue weighted by Crippen LogP contribution is 2.37. The lowest BCUT2D eigenvalue weighted by atomic mass is 9.94. The number of nitrogens with one attached hydrogen (secondary N) is 2. The zero-order valence-corrected chi connectivity index (χ0v) is 18.7.